The van der Waals surface area contributed by atoms with E-state index in [-0.39, 0.29) is 18.4 Å². The molecule has 1 N–H and O–H groups in total. The first-order valence-corrected chi connectivity index (χ1v) is 7.58. The van der Waals surface area contributed by atoms with Gasteiger partial charge in [-0.05, 0) is 45.5 Å². The van der Waals surface area contributed by atoms with Crippen LogP contribution in [0, 0.1) is 13.8 Å². The third-order valence-corrected chi connectivity index (χ3v) is 3.79. The van der Waals surface area contributed by atoms with Crippen molar-refractivity contribution in [2.24, 2.45) is 0 Å². The number of likely N-dealkylation sites (N-methyl/N-ethyl adjacent to an activating group) is 1. The first kappa shape index (κ1) is 18.1. The summed E-state index contributed by atoms with van der Waals surface area (Å²) in [6.07, 6.45) is 0.699. The number of aryl methyl sites for hydroxylation is 1. The summed E-state index contributed by atoms with van der Waals surface area (Å²) in [4.78, 5) is 4.42. The molecule has 0 fully saturated rings. The molecular weight excluding hydrogens is 328 g/mol. The van der Waals surface area contributed by atoms with Crippen LogP contribution in [0.5, 0.6) is 0 Å². The fourth-order valence-electron chi connectivity index (χ4n) is 2.34. The number of hydrogen-bond donors (Lipinski definition) is 1. The summed E-state index contributed by atoms with van der Waals surface area (Å²) < 4.78 is 7.13. The van der Waals surface area contributed by atoms with Gasteiger partial charge in [0.15, 0.2) is 11.5 Å². The van der Waals surface area contributed by atoms with E-state index in [0.717, 1.165) is 11.4 Å². The maximum atomic E-state index is 5.35. The third-order valence-electron chi connectivity index (χ3n) is 3.79. The maximum absolute atomic E-state index is 5.35. The summed E-state index contributed by atoms with van der Waals surface area (Å²) in [6, 6.07) is 8.37. The van der Waals surface area contributed by atoms with E-state index in [9.17, 15) is 0 Å². The van der Waals surface area contributed by atoms with Gasteiger partial charge >= 0.3 is 0 Å². The minimum atomic E-state index is 0. The third kappa shape index (κ3) is 3.63. The Kier molecular flexibility index (Phi) is 5.69. The molecule has 8 heteroatoms. The van der Waals surface area contributed by atoms with Gasteiger partial charge in [0.25, 0.3) is 5.89 Å². The van der Waals surface area contributed by atoms with Gasteiger partial charge in [0.2, 0.25) is 0 Å². The van der Waals surface area contributed by atoms with Crippen LogP contribution < -0.4 is 5.32 Å². The van der Waals surface area contributed by atoms with Crippen molar-refractivity contribution in [2.45, 2.75) is 33.2 Å². The minimum Gasteiger partial charge on any atom is -0.332 e. The largest absolute Gasteiger partial charge is 0.332 e. The summed E-state index contributed by atoms with van der Waals surface area (Å²) in [5.74, 6) is 1.06. The lowest BCUT2D eigenvalue weighted by Crippen LogP contribution is -2.24. The Bertz CT molecular complexity index is 813. The van der Waals surface area contributed by atoms with Gasteiger partial charge in [-0.15, -0.1) is 17.5 Å². The van der Waals surface area contributed by atoms with E-state index < -0.39 is 0 Å². The number of nitrogens with zero attached hydrogens (tertiary/aromatic N) is 5. The molecule has 0 aliphatic rings. The van der Waals surface area contributed by atoms with E-state index in [1.54, 1.807) is 4.68 Å². The summed E-state index contributed by atoms with van der Waals surface area (Å²) >= 11 is 0. The monoisotopic (exact) mass is 348 g/mol. The lowest BCUT2D eigenvalue weighted by Gasteiger charge is -2.04. The van der Waals surface area contributed by atoms with Gasteiger partial charge < -0.3 is 9.84 Å². The zero-order valence-corrected chi connectivity index (χ0v) is 15.0. The topological polar surface area (TPSA) is 81.7 Å². The van der Waals surface area contributed by atoms with Gasteiger partial charge in [-0.3, -0.25) is 0 Å². The standard InChI is InChI=1S/C16H20N6O.ClH/c1-10-6-5-7-13(8-10)22-12(3)15(19-21-22)16-18-14(20-23-16)9-11(2)17-4;/h5-8,11,17H,9H2,1-4H3;1H. The molecule has 2 aromatic heterocycles. The number of benzene rings is 1. The Morgan fingerprint density at radius 1 is 1.29 bits per heavy atom. The van der Waals surface area contributed by atoms with Crippen molar-refractivity contribution in [2.75, 3.05) is 7.05 Å². The van der Waals surface area contributed by atoms with E-state index in [1.165, 1.54) is 5.56 Å². The quantitative estimate of drug-likeness (QED) is 0.763. The molecule has 1 aromatic carbocycles. The predicted octanol–water partition coefficient (Wildman–Crippen LogP) is 2.51. The molecule has 7 nitrogen and oxygen atoms in total. The Balaban J connectivity index is 0.00000208. The number of nitrogens with one attached hydrogen (secondary N) is 1. The molecule has 0 radical (unpaired) electrons. The molecule has 0 bridgehead atoms. The van der Waals surface area contributed by atoms with E-state index in [4.69, 9.17) is 4.52 Å². The van der Waals surface area contributed by atoms with Crippen molar-refractivity contribution in [3.05, 3.63) is 41.3 Å². The van der Waals surface area contributed by atoms with Crippen molar-refractivity contribution in [1.29, 1.82) is 0 Å². The molecule has 0 aliphatic heterocycles. The SMILES string of the molecule is CNC(C)Cc1noc(-c2nnn(-c3cccc(C)c3)c2C)n1.Cl. The summed E-state index contributed by atoms with van der Waals surface area (Å²) in [5.41, 5.74) is 3.61. The normalized spacial score (nSPS) is 12.0. The minimum absolute atomic E-state index is 0. The number of aromatic nitrogens is 5. The van der Waals surface area contributed by atoms with Crippen LogP contribution in [0.2, 0.25) is 0 Å². The van der Waals surface area contributed by atoms with Crippen LogP contribution in [0.1, 0.15) is 24.0 Å². The molecule has 3 rings (SSSR count). The van der Waals surface area contributed by atoms with Crippen molar-refractivity contribution < 1.29 is 4.52 Å². The highest BCUT2D eigenvalue weighted by atomic mass is 35.5. The van der Waals surface area contributed by atoms with Gasteiger partial charge in [0.05, 0.1) is 11.4 Å². The van der Waals surface area contributed by atoms with Crippen LogP contribution in [-0.4, -0.2) is 38.2 Å². The van der Waals surface area contributed by atoms with Crippen molar-refractivity contribution >= 4 is 12.4 Å². The summed E-state index contributed by atoms with van der Waals surface area (Å²) in [7, 11) is 1.91. The highest BCUT2D eigenvalue weighted by Crippen LogP contribution is 2.21. The van der Waals surface area contributed by atoms with Crippen LogP contribution in [0.3, 0.4) is 0 Å². The Morgan fingerprint density at radius 3 is 2.79 bits per heavy atom. The van der Waals surface area contributed by atoms with Crippen molar-refractivity contribution in [3.8, 4) is 17.3 Å². The van der Waals surface area contributed by atoms with Crippen LogP contribution in [0.15, 0.2) is 28.8 Å². The summed E-state index contributed by atoms with van der Waals surface area (Å²) in [5, 5.41) is 15.6. The predicted molar refractivity (Wildman–Crippen MR) is 93.6 cm³/mol. The molecule has 1 atom stereocenters. The molecule has 24 heavy (non-hydrogen) atoms. The van der Waals surface area contributed by atoms with Crippen LogP contribution in [0.4, 0.5) is 0 Å². The molecule has 1 unspecified atom stereocenters. The van der Waals surface area contributed by atoms with E-state index >= 15 is 0 Å². The Morgan fingerprint density at radius 2 is 2.08 bits per heavy atom. The average Bonchev–Trinajstić information content (AvgIpc) is 3.13. The maximum Gasteiger partial charge on any atom is 0.280 e. The van der Waals surface area contributed by atoms with Crippen molar-refractivity contribution in [1.82, 2.24) is 30.5 Å². The van der Waals surface area contributed by atoms with Gasteiger partial charge in [0, 0.05) is 12.5 Å². The van der Waals surface area contributed by atoms with Crippen molar-refractivity contribution in [3.63, 3.8) is 0 Å². The number of rotatable bonds is 5. The number of halogens is 1. The molecule has 0 saturated heterocycles. The first-order chi connectivity index (χ1) is 11.1. The van der Waals surface area contributed by atoms with Crippen LogP contribution in [0.25, 0.3) is 17.3 Å². The van der Waals surface area contributed by atoms with Gasteiger partial charge in [-0.25, -0.2) is 4.68 Å². The molecular formula is C16H21ClN6O. The Labute approximate surface area is 146 Å². The van der Waals surface area contributed by atoms with E-state index in [2.05, 4.69) is 38.8 Å². The molecule has 2 heterocycles. The van der Waals surface area contributed by atoms with Gasteiger partial charge in [0.1, 0.15) is 0 Å². The highest BCUT2D eigenvalue weighted by Gasteiger charge is 2.18. The van der Waals surface area contributed by atoms with E-state index in [0.29, 0.717) is 23.8 Å². The molecule has 0 amide bonds. The summed E-state index contributed by atoms with van der Waals surface area (Å²) in [6.45, 7) is 6.05. The van der Waals surface area contributed by atoms with Gasteiger partial charge in [-0.1, -0.05) is 22.5 Å². The van der Waals surface area contributed by atoms with Gasteiger partial charge in [-0.2, -0.15) is 4.98 Å². The lowest BCUT2D eigenvalue weighted by molar-refractivity contribution is 0.417. The zero-order valence-electron chi connectivity index (χ0n) is 14.1. The fraction of sp³-hybridized carbons (Fsp3) is 0.375. The van der Waals surface area contributed by atoms with Crippen LogP contribution >= 0.6 is 12.4 Å². The lowest BCUT2D eigenvalue weighted by atomic mass is 10.2. The van der Waals surface area contributed by atoms with Crippen LogP contribution in [-0.2, 0) is 6.42 Å². The number of hydrogen-bond acceptors (Lipinski definition) is 6. The molecule has 3 aromatic rings. The van der Waals surface area contributed by atoms with E-state index in [1.807, 2.05) is 39.1 Å². The molecule has 0 saturated carbocycles. The molecule has 0 aliphatic carbocycles. The zero-order chi connectivity index (χ0) is 16.4. The fourth-order valence-corrected chi connectivity index (χ4v) is 2.34. The highest BCUT2D eigenvalue weighted by molar-refractivity contribution is 5.85. The second-order valence-electron chi connectivity index (χ2n) is 5.68. The Hall–Kier alpha value is -2.25. The second-order valence-corrected chi connectivity index (χ2v) is 5.68. The smallest absolute Gasteiger partial charge is 0.280 e. The second kappa shape index (κ2) is 7.55. The first-order valence-electron chi connectivity index (χ1n) is 7.58. The average molecular weight is 349 g/mol. The molecule has 128 valence electrons. The molecule has 0 spiro atoms.